The van der Waals surface area contributed by atoms with Gasteiger partial charge in [-0.2, -0.15) is 0 Å². The largest absolute Gasteiger partial charge is 0.357 e. The number of amides is 1. The van der Waals surface area contributed by atoms with Crippen molar-refractivity contribution in [3.8, 4) is 11.5 Å². The third-order valence-corrected chi connectivity index (χ3v) is 6.21. The van der Waals surface area contributed by atoms with Crippen LogP contribution in [0.3, 0.4) is 0 Å². The van der Waals surface area contributed by atoms with Crippen molar-refractivity contribution >= 4 is 34.2 Å². The minimum atomic E-state index is -0.212. The number of carbonyl (C=O) groups is 2. The van der Waals surface area contributed by atoms with Crippen LogP contribution in [0.4, 0.5) is 11.5 Å². The van der Waals surface area contributed by atoms with Crippen molar-refractivity contribution < 1.29 is 9.59 Å². The highest BCUT2D eigenvalue weighted by molar-refractivity contribution is 6.05. The number of hydrogen-bond donors (Lipinski definition) is 3. The lowest BCUT2D eigenvalue weighted by Gasteiger charge is -2.16. The number of H-pyrrole nitrogens is 2. The Kier molecular flexibility index (Phi) is 5.20. The molecule has 0 saturated carbocycles. The van der Waals surface area contributed by atoms with Crippen LogP contribution in [0.5, 0.6) is 0 Å². The second-order valence-electron chi connectivity index (χ2n) is 8.55. The lowest BCUT2D eigenvalue weighted by molar-refractivity contribution is 0.101. The number of aromatic amines is 2. The molecule has 0 radical (unpaired) electrons. The van der Waals surface area contributed by atoms with E-state index in [0.29, 0.717) is 22.6 Å². The number of benzene rings is 1. The molecule has 168 valence electrons. The van der Waals surface area contributed by atoms with Crippen LogP contribution in [0.15, 0.2) is 36.5 Å². The Balaban J connectivity index is 1.36. The summed E-state index contributed by atoms with van der Waals surface area (Å²) >= 11 is 0. The normalized spacial score (nSPS) is 13.6. The summed E-state index contributed by atoms with van der Waals surface area (Å²) in [4.78, 5) is 42.6. The number of nitrogens with zero attached hydrogens (tertiary/aromatic N) is 3. The zero-order chi connectivity index (χ0) is 23.1. The second-order valence-corrected chi connectivity index (χ2v) is 8.55. The van der Waals surface area contributed by atoms with Crippen LogP contribution < -0.4 is 10.2 Å². The lowest BCUT2D eigenvalue weighted by Crippen LogP contribution is -2.19. The van der Waals surface area contributed by atoms with Gasteiger partial charge in [-0.15, -0.1) is 0 Å². The maximum absolute atomic E-state index is 12.7. The average molecular weight is 443 g/mol. The van der Waals surface area contributed by atoms with Crippen molar-refractivity contribution in [1.29, 1.82) is 0 Å². The summed E-state index contributed by atoms with van der Waals surface area (Å²) in [7, 11) is 0. The highest BCUT2D eigenvalue weighted by atomic mass is 16.1. The number of ketones is 1. The molecule has 4 heterocycles. The number of aryl methyl sites for hydroxylation is 1. The number of rotatable bonds is 5. The Morgan fingerprint density at radius 2 is 1.85 bits per heavy atom. The van der Waals surface area contributed by atoms with Crippen molar-refractivity contribution in [2.24, 2.45) is 0 Å². The molecule has 8 nitrogen and oxygen atoms in total. The van der Waals surface area contributed by atoms with E-state index in [9.17, 15) is 9.59 Å². The zero-order valence-corrected chi connectivity index (χ0v) is 19.0. The van der Waals surface area contributed by atoms with E-state index in [-0.39, 0.29) is 11.7 Å². The van der Waals surface area contributed by atoms with E-state index in [1.165, 1.54) is 12.8 Å². The summed E-state index contributed by atoms with van der Waals surface area (Å²) in [5.74, 6) is 1.38. The Bertz CT molecular complexity index is 1360. The molecule has 33 heavy (non-hydrogen) atoms. The smallest absolute Gasteiger partial charge is 0.257 e. The van der Waals surface area contributed by atoms with E-state index >= 15 is 0 Å². The second kappa shape index (κ2) is 8.20. The number of fused-ring (bicyclic) bond motifs is 1. The Hall–Kier alpha value is -3.94. The van der Waals surface area contributed by atoms with Gasteiger partial charge in [0.1, 0.15) is 5.82 Å². The molecule has 1 aromatic carbocycles. The third-order valence-electron chi connectivity index (χ3n) is 6.21. The van der Waals surface area contributed by atoms with Gasteiger partial charge in [-0.1, -0.05) is 0 Å². The molecule has 1 saturated heterocycles. The SMILES string of the molecule is CC(=O)c1c(C)[nH]c(-c2nc3ccc(NC(=O)c4ccc(N5CCCC5)nc4)cc3[nH]2)c1C. The molecular weight excluding hydrogens is 416 g/mol. The molecule has 0 aliphatic carbocycles. The van der Waals surface area contributed by atoms with Crippen LogP contribution in [0.1, 0.15) is 51.7 Å². The molecular formula is C25H26N6O2. The van der Waals surface area contributed by atoms with Gasteiger partial charge in [0.15, 0.2) is 11.6 Å². The molecule has 8 heteroatoms. The number of hydrogen-bond acceptors (Lipinski definition) is 5. The summed E-state index contributed by atoms with van der Waals surface area (Å²) in [6.07, 6.45) is 3.99. The third kappa shape index (κ3) is 3.88. The van der Waals surface area contributed by atoms with Gasteiger partial charge >= 0.3 is 0 Å². The quantitative estimate of drug-likeness (QED) is 0.391. The van der Waals surface area contributed by atoms with Crippen molar-refractivity contribution in [2.45, 2.75) is 33.6 Å². The van der Waals surface area contributed by atoms with Gasteiger partial charge in [0.05, 0.1) is 22.3 Å². The first-order chi connectivity index (χ1) is 15.9. The van der Waals surface area contributed by atoms with E-state index in [1.54, 1.807) is 13.1 Å². The van der Waals surface area contributed by atoms with Gasteiger partial charge in [0, 0.05) is 36.2 Å². The molecule has 1 aliphatic heterocycles. The Labute approximate surface area is 191 Å². The number of imidazole rings is 1. The highest BCUT2D eigenvalue weighted by Crippen LogP contribution is 2.28. The molecule has 4 aromatic rings. The minimum absolute atomic E-state index is 0.0246. The van der Waals surface area contributed by atoms with E-state index in [4.69, 9.17) is 0 Å². The van der Waals surface area contributed by atoms with Crippen molar-refractivity contribution in [3.05, 3.63) is 58.9 Å². The van der Waals surface area contributed by atoms with Crippen molar-refractivity contribution in [1.82, 2.24) is 19.9 Å². The minimum Gasteiger partial charge on any atom is -0.357 e. The summed E-state index contributed by atoms with van der Waals surface area (Å²) < 4.78 is 0. The lowest BCUT2D eigenvalue weighted by atomic mass is 10.1. The predicted octanol–water partition coefficient (Wildman–Crippen LogP) is 4.62. The van der Waals surface area contributed by atoms with E-state index < -0.39 is 0 Å². The molecule has 0 bridgehead atoms. The Morgan fingerprint density at radius 1 is 1.06 bits per heavy atom. The fourth-order valence-corrected chi connectivity index (χ4v) is 4.58. The highest BCUT2D eigenvalue weighted by Gasteiger charge is 2.19. The zero-order valence-electron chi connectivity index (χ0n) is 19.0. The molecule has 1 amide bonds. The van der Waals surface area contributed by atoms with Crippen LogP contribution in [0.25, 0.3) is 22.6 Å². The predicted molar refractivity (Wildman–Crippen MR) is 129 cm³/mol. The fraction of sp³-hybridized carbons (Fsp3) is 0.280. The van der Waals surface area contributed by atoms with Crippen LogP contribution in [0.2, 0.25) is 0 Å². The van der Waals surface area contributed by atoms with Gasteiger partial charge in [-0.25, -0.2) is 9.97 Å². The first-order valence-electron chi connectivity index (χ1n) is 11.1. The molecule has 0 spiro atoms. The summed E-state index contributed by atoms with van der Waals surface area (Å²) in [6, 6.07) is 9.25. The van der Waals surface area contributed by atoms with Gasteiger partial charge in [0.2, 0.25) is 0 Å². The monoisotopic (exact) mass is 442 g/mol. The van der Waals surface area contributed by atoms with Crippen LogP contribution in [0, 0.1) is 13.8 Å². The first kappa shape index (κ1) is 20.9. The van der Waals surface area contributed by atoms with E-state index in [2.05, 4.69) is 30.2 Å². The molecule has 0 atom stereocenters. The van der Waals surface area contributed by atoms with Gasteiger partial charge in [0.25, 0.3) is 5.91 Å². The molecule has 3 N–H and O–H groups in total. The molecule has 1 fully saturated rings. The number of pyridine rings is 1. The number of anilines is 2. The van der Waals surface area contributed by atoms with Crippen molar-refractivity contribution in [3.63, 3.8) is 0 Å². The Morgan fingerprint density at radius 3 is 2.52 bits per heavy atom. The van der Waals surface area contributed by atoms with Crippen molar-refractivity contribution in [2.75, 3.05) is 23.3 Å². The van der Waals surface area contributed by atoms with E-state index in [0.717, 1.165) is 46.9 Å². The summed E-state index contributed by atoms with van der Waals surface area (Å²) in [5.41, 5.74) is 5.93. The summed E-state index contributed by atoms with van der Waals surface area (Å²) in [5, 5.41) is 2.94. The number of Topliss-reactive ketones (excluding diaryl/α,β-unsaturated/α-hetero) is 1. The van der Waals surface area contributed by atoms with Crippen LogP contribution >= 0.6 is 0 Å². The molecule has 5 rings (SSSR count). The van der Waals surface area contributed by atoms with Crippen LogP contribution in [-0.2, 0) is 0 Å². The standard InChI is InChI=1S/C25H26N6O2/c1-14-22(16(3)32)15(2)27-23(14)24-29-19-8-7-18(12-20(19)30-24)28-25(33)17-6-9-21(26-13-17)31-10-4-5-11-31/h6-9,12-13,27H,4-5,10-11H2,1-3H3,(H,28,33)(H,29,30). The van der Waals surface area contributed by atoms with Gasteiger partial charge in [-0.3, -0.25) is 9.59 Å². The first-order valence-corrected chi connectivity index (χ1v) is 11.1. The number of nitrogens with one attached hydrogen (secondary N) is 3. The summed E-state index contributed by atoms with van der Waals surface area (Å²) in [6.45, 7) is 7.40. The molecule has 1 aliphatic rings. The maximum atomic E-state index is 12.7. The average Bonchev–Trinajstić information content (AvgIpc) is 3.52. The number of carbonyl (C=O) groups excluding carboxylic acids is 2. The van der Waals surface area contributed by atoms with Crippen LogP contribution in [-0.4, -0.2) is 44.7 Å². The van der Waals surface area contributed by atoms with Gasteiger partial charge < -0.3 is 20.2 Å². The topological polar surface area (TPSA) is 107 Å². The van der Waals surface area contributed by atoms with E-state index in [1.807, 2.05) is 44.2 Å². The molecule has 3 aromatic heterocycles. The van der Waals surface area contributed by atoms with Gasteiger partial charge in [-0.05, 0) is 69.5 Å². The molecule has 0 unspecified atom stereocenters. The number of aromatic nitrogens is 4. The fourth-order valence-electron chi connectivity index (χ4n) is 4.58. The maximum Gasteiger partial charge on any atom is 0.257 e.